The molecule has 78 heavy (non-hydrogen) atoms. The van der Waals surface area contributed by atoms with E-state index >= 15 is 0 Å². The molecule has 0 saturated carbocycles. The molecule has 0 spiro atoms. The first-order chi connectivity index (χ1) is 35.3. The highest BCUT2D eigenvalue weighted by molar-refractivity contribution is 9.10. The third kappa shape index (κ3) is 14.4. The third-order valence-electron chi connectivity index (χ3n) is 9.15. The van der Waals surface area contributed by atoms with Crippen LogP contribution in [0.15, 0.2) is 83.3 Å². The molecule has 18 nitrogen and oxygen atoms in total. The number of aromatic carboxylic acids is 1. The fraction of sp³-hybridized carbons (Fsp3) is 0.154. The van der Waals surface area contributed by atoms with E-state index in [4.69, 9.17) is 45.6 Å². The number of carboxylic acids is 1. The lowest BCUT2D eigenvalue weighted by Crippen LogP contribution is -2.50. The molecule has 0 saturated heterocycles. The van der Waals surface area contributed by atoms with Gasteiger partial charge in [0.1, 0.15) is 11.3 Å². The number of carboxylic acid groups (broad SMARTS) is 1. The molecule has 0 radical (unpaired) electrons. The number of amides is 1. The summed E-state index contributed by atoms with van der Waals surface area (Å²) in [6.07, 6.45) is -25.6. The van der Waals surface area contributed by atoms with E-state index in [-0.39, 0.29) is 24.3 Å². The fourth-order valence-electron chi connectivity index (χ4n) is 5.48. The molecule has 422 valence electrons. The van der Waals surface area contributed by atoms with Gasteiger partial charge in [-0.15, -0.1) is 0 Å². The second kappa shape index (κ2) is 24.7. The zero-order valence-corrected chi connectivity index (χ0v) is 40.1. The number of hydrogen-bond donors (Lipinski definition) is 3. The number of nitro benzene ring substituents is 4. The number of halogens is 21. The average molecular weight is 1270 g/mol. The first-order valence-electron chi connectivity index (χ1n) is 18.7. The minimum atomic E-state index is -6.40. The van der Waals surface area contributed by atoms with Gasteiger partial charge in [-0.2, -0.15) is 65.9 Å². The van der Waals surface area contributed by atoms with E-state index in [2.05, 4.69) is 15.9 Å². The highest BCUT2D eigenvalue weighted by Gasteiger charge is 2.75. The minimum absolute atomic E-state index is 0.00723. The van der Waals surface area contributed by atoms with Gasteiger partial charge in [0.15, 0.2) is 0 Å². The van der Waals surface area contributed by atoms with Gasteiger partial charge >= 0.3 is 59.1 Å². The number of anilines is 2. The summed E-state index contributed by atoms with van der Waals surface area (Å²) in [6, 6.07) is 8.53. The maximum atomic E-state index is 14.2. The number of nitrogen functional groups attached to an aromatic ring is 1. The number of nitrogens with one attached hydrogen (secondary N) is 1. The number of benzene rings is 5. The van der Waals surface area contributed by atoms with Gasteiger partial charge in [-0.3, -0.25) is 50.0 Å². The molecule has 0 aliphatic rings. The predicted molar refractivity (Wildman–Crippen MR) is 236 cm³/mol. The molecule has 0 heterocycles. The zero-order valence-electron chi connectivity index (χ0n) is 36.2. The van der Waals surface area contributed by atoms with Crippen LogP contribution in [-0.2, 0) is 11.3 Å². The van der Waals surface area contributed by atoms with Crippen molar-refractivity contribution in [2.24, 2.45) is 0 Å². The van der Waals surface area contributed by atoms with Crippen molar-refractivity contribution in [3.8, 4) is 0 Å². The molecule has 5 rings (SSSR count). The van der Waals surface area contributed by atoms with Gasteiger partial charge < -0.3 is 16.2 Å². The molecule has 5 aromatic rings. The number of nitro groups is 4. The van der Waals surface area contributed by atoms with E-state index in [1.54, 1.807) is 0 Å². The van der Waals surface area contributed by atoms with Crippen LogP contribution in [0.25, 0.3) is 0 Å². The number of hydrogen-bond acceptors (Lipinski definition) is 12. The van der Waals surface area contributed by atoms with Crippen LogP contribution < -0.4 is 11.1 Å². The molecule has 0 aliphatic heterocycles. The van der Waals surface area contributed by atoms with E-state index in [1.807, 2.05) is 5.32 Å². The van der Waals surface area contributed by atoms with E-state index < -0.39 is 167 Å². The van der Waals surface area contributed by atoms with E-state index in [0.29, 0.717) is 0 Å². The van der Waals surface area contributed by atoms with Crippen LogP contribution in [-0.4, -0.2) is 66.6 Å². The van der Waals surface area contributed by atoms with Crippen molar-refractivity contribution in [1.82, 2.24) is 0 Å². The summed E-state index contributed by atoms with van der Waals surface area (Å²) in [5.74, 6) is -6.96. The summed E-state index contributed by atoms with van der Waals surface area (Å²) in [4.78, 5) is 70.4. The number of rotatable bonds is 10. The second-order valence-electron chi connectivity index (χ2n) is 14.0. The molecule has 0 aromatic heterocycles. The predicted octanol–water partition coefficient (Wildman–Crippen LogP) is 14.4. The highest BCUT2D eigenvalue weighted by Crippen LogP contribution is 2.56. The lowest BCUT2D eigenvalue weighted by Gasteiger charge is -2.30. The molecule has 0 unspecified atom stereocenters. The van der Waals surface area contributed by atoms with Gasteiger partial charge in [0, 0.05) is 39.9 Å². The Balaban J connectivity index is 0.000000382. The number of carbonyl (C=O) groups is 3. The Morgan fingerprint density at radius 2 is 0.846 bits per heavy atom. The molecule has 0 atom stereocenters. The van der Waals surface area contributed by atoms with Crippen molar-refractivity contribution < 1.29 is 114 Å². The first-order valence-corrected chi connectivity index (χ1v) is 20.7. The van der Waals surface area contributed by atoms with Crippen molar-refractivity contribution in [1.29, 1.82) is 0 Å². The summed E-state index contributed by atoms with van der Waals surface area (Å²) < 4.78 is 220. The second-order valence-corrected chi connectivity index (χ2v) is 16.0. The number of carbonyl (C=O) groups excluding carboxylic acids is 2. The molecule has 4 N–H and O–H groups in total. The van der Waals surface area contributed by atoms with Crippen molar-refractivity contribution in [3.05, 3.63) is 179 Å². The Hall–Kier alpha value is -7.73. The first kappa shape index (κ1) is 66.4. The van der Waals surface area contributed by atoms with Crippen LogP contribution >= 0.6 is 50.7 Å². The molecule has 0 aliphatic carbocycles. The van der Waals surface area contributed by atoms with Crippen LogP contribution in [0.2, 0.25) is 10.0 Å². The van der Waals surface area contributed by atoms with E-state index in [1.165, 1.54) is 6.07 Å². The van der Waals surface area contributed by atoms with Gasteiger partial charge in [-0.25, -0.2) is 13.6 Å². The van der Waals surface area contributed by atoms with Gasteiger partial charge in [-0.1, -0.05) is 41.4 Å². The van der Waals surface area contributed by atoms with Gasteiger partial charge in [0.25, 0.3) is 16.8 Å². The standard InChI is InChI=1S/C16H6BrClF8N2O3.C9H4ClF7N2O2.C7H3ClFNO3.C7H4FNO4/c17-8-4-6(14(20,15(21,22)23)16(24,25)26)5-9(18)12(8)27-13(29)7-2-1-3-10(11(7)19)28(30)31;10-4-1-3(2-5(6(4)18)19(20)21)7(11,8(12,13)14)9(15,16)17;8-7(11)4-2-1-3-5(6(4)9)10(12)13;8-6-4(7(10)11)2-1-3-5(6)9(12)13/h1-5H,(H,27,29);1-2H,18H2;1-3H;1-3H,(H,10,11). The molecule has 5 aromatic carbocycles. The number of nitrogens with two attached hydrogens (primary N) is 1. The number of nitrogens with zero attached hydrogens (tertiary/aromatic N) is 4. The average Bonchev–Trinajstić information content (AvgIpc) is 3.29. The Bertz CT molecular complexity index is 3020. The van der Waals surface area contributed by atoms with Crippen molar-refractivity contribution in [3.63, 3.8) is 0 Å². The molecular weight excluding hydrogens is 1250 g/mol. The highest BCUT2D eigenvalue weighted by atomic mass is 79.9. The van der Waals surface area contributed by atoms with Gasteiger partial charge in [0.2, 0.25) is 17.5 Å². The van der Waals surface area contributed by atoms with Crippen LogP contribution in [0.3, 0.4) is 0 Å². The topological polar surface area (TPSA) is 282 Å². The Morgan fingerprint density at radius 1 is 0.526 bits per heavy atom. The smallest absolute Gasteiger partial charge is 0.435 e. The van der Waals surface area contributed by atoms with E-state index in [9.17, 15) is 129 Å². The Kier molecular flexibility index (Phi) is 21.0. The van der Waals surface area contributed by atoms with E-state index in [0.717, 1.165) is 48.5 Å². The Labute approximate surface area is 440 Å². The maximum Gasteiger partial charge on any atom is 0.435 e. The molecule has 39 heteroatoms. The van der Waals surface area contributed by atoms with Crippen molar-refractivity contribution in [2.75, 3.05) is 11.1 Å². The summed E-state index contributed by atoms with van der Waals surface area (Å²) in [6.45, 7) is 0. The molecule has 0 fully saturated rings. The molecular formula is C39H17BrCl3F17N6O12. The lowest BCUT2D eigenvalue weighted by atomic mass is 9.93. The largest absolute Gasteiger partial charge is 0.478 e. The van der Waals surface area contributed by atoms with Gasteiger partial charge in [-0.05, 0) is 63.9 Å². The number of alkyl halides is 14. The summed E-state index contributed by atoms with van der Waals surface area (Å²) >= 11 is 18.4. The fourth-order valence-corrected chi connectivity index (χ4v) is 6.78. The normalized spacial score (nSPS) is 11.8. The maximum absolute atomic E-state index is 14.2. The lowest BCUT2D eigenvalue weighted by molar-refractivity contribution is -0.387. The minimum Gasteiger partial charge on any atom is -0.478 e. The van der Waals surface area contributed by atoms with Crippen LogP contribution in [0, 0.1) is 57.9 Å². The van der Waals surface area contributed by atoms with Crippen molar-refractivity contribution >= 4 is 102 Å². The summed E-state index contributed by atoms with van der Waals surface area (Å²) in [7, 11) is 0. The van der Waals surface area contributed by atoms with Crippen LogP contribution in [0.5, 0.6) is 0 Å². The quantitative estimate of drug-likeness (QED) is 0.0386. The zero-order chi connectivity index (χ0) is 60.8. The Morgan fingerprint density at radius 3 is 1.18 bits per heavy atom. The SMILES string of the molecule is Nc1c(Cl)cc(C(F)(C(F)(F)F)C(F)(F)F)cc1[N+](=O)[O-].O=C(Cl)c1cccc([N+](=O)[O-])c1F.O=C(Nc1c(Cl)cc(C(F)(C(F)(F)F)C(F)(F)F)cc1Br)c1cccc([N+](=O)[O-])c1F.O=C(O)c1cccc([N+](=O)[O-])c1F. The van der Waals surface area contributed by atoms with Gasteiger partial charge in [0.05, 0.1) is 46.6 Å². The van der Waals surface area contributed by atoms with Crippen LogP contribution in [0.1, 0.15) is 42.2 Å². The monoisotopic (exact) mass is 1270 g/mol. The third-order valence-corrected chi connectivity index (χ3v) is 10.6. The summed E-state index contributed by atoms with van der Waals surface area (Å²) in [5.41, 5.74) is -18.1. The van der Waals surface area contributed by atoms with Crippen molar-refractivity contribution in [2.45, 2.75) is 36.0 Å². The molecule has 1 amide bonds. The summed E-state index contributed by atoms with van der Waals surface area (Å²) in [5, 5.41) is 48.9. The van der Waals surface area contributed by atoms with Crippen LogP contribution in [0.4, 0.5) is 109 Å². The molecule has 0 bridgehead atoms.